The number of rotatable bonds is 3. The molecule has 2 rings (SSSR count). The van der Waals surface area contributed by atoms with Crippen LogP contribution < -0.4 is 0 Å². The normalized spacial score (nSPS) is 26.6. The SMILES string of the molecule is BrCCC1CCC(c2ccccc2)C1. The van der Waals surface area contributed by atoms with Gasteiger partial charge in [-0.1, -0.05) is 46.3 Å². The molecule has 2 atom stereocenters. The highest BCUT2D eigenvalue weighted by Gasteiger charge is 2.24. The molecule has 0 saturated heterocycles. The van der Waals surface area contributed by atoms with Crippen molar-refractivity contribution in [3.05, 3.63) is 35.9 Å². The topological polar surface area (TPSA) is 0 Å². The van der Waals surface area contributed by atoms with Gasteiger partial charge < -0.3 is 0 Å². The lowest BCUT2D eigenvalue weighted by Gasteiger charge is -2.10. The maximum Gasteiger partial charge on any atom is 0.00339 e. The molecule has 0 aliphatic heterocycles. The van der Waals surface area contributed by atoms with Crippen LogP contribution in [0.25, 0.3) is 0 Å². The Morgan fingerprint density at radius 3 is 2.64 bits per heavy atom. The van der Waals surface area contributed by atoms with Crippen LogP contribution in [0.2, 0.25) is 0 Å². The van der Waals surface area contributed by atoms with Gasteiger partial charge >= 0.3 is 0 Å². The van der Waals surface area contributed by atoms with E-state index in [9.17, 15) is 0 Å². The Bertz CT molecular complexity index is 268. The zero-order valence-electron chi connectivity index (χ0n) is 8.45. The third-order valence-corrected chi connectivity index (χ3v) is 3.79. The zero-order chi connectivity index (χ0) is 9.80. The third-order valence-electron chi connectivity index (χ3n) is 3.33. The Kier molecular flexibility index (Phi) is 3.63. The van der Waals surface area contributed by atoms with Crippen LogP contribution >= 0.6 is 15.9 Å². The molecule has 1 aliphatic rings. The summed E-state index contributed by atoms with van der Waals surface area (Å²) in [6.07, 6.45) is 5.56. The molecule has 0 nitrogen and oxygen atoms in total. The quantitative estimate of drug-likeness (QED) is 0.702. The van der Waals surface area contributed by atoms with Gasteiger partial charge in [-0.05, 0) is 43.1 Å². The Labute approximate surface area is 94.8 Å². The summed E-state index contributed by atoms with van der Waals surface area (Å²) in [5.74, 6) is 1.79. The maximum atomic E-state index is 3.54. The van der Waals surface area contributed by atoms with Crippen LogP contribution in [0.5, 0.6) is 0 Å². The molecule has 0 N–H and O–H groups in total. The Balaban J connectivity index is 1.96. The van der Waals surface area contributed by atoms with Crippen molar-refractivity contribution < 1.29 is 0 Å². The standard InChI is InChI=1S/C13H17Br/c14-9-8-11-6-7-13(10-11)12-4-2-1-3-5-12/h1-5,11,13H,6-10H2. The molecule has 2 unspecified atom stereocenters. The molecule has 1 aromatic carbocycles. The van der Waals surface area contributed by atoms with E-state index in [0.29, 0.717) is 0 Å². The van der Waals surface area contributed by atoms with Crippen LogP contribution in [0, 0.1) is 5.92 Å². The highest BCUT2D eigenvalue weighted by Crippen LogP contribution is 2.39. The Morgan fingerprint density at radius 1 is 1.14 bits per heavy atom. The van der Waals surface area contributed by atoms with Crippen molar-refractivity contribution in [1.82, 2.24) is 0 Å². The van der Waals surface area contributed by atoms with Crippen LogP contribution in [0.3, 0.4) is 0 Å². The summed E-state index contributed by atoms with van der Waals surface area (Å²) in [5, 5.41) is 1.17. The van der Waals surface area contributed by atoms with Crippen molar-refractivity contribution in [3.8, 4) is 0 Å². The van der Waals surface area contributed by atoms with Crippen molar-refractivity contribution in [2.75, 3.05) is 5.33 Å². The second kappa shape index (κ2) is 4.97. The first kappa shape index (κ1) is 10.2. The molecule has 1 aromatic rings. The van der Waals surface area contributed by atoms with Crippen LogP contribution in [-0.4, -0.2) is 5.33 Å². The van der Waals surface area contributed by atoms with Crippen LogP contribution in [0.1, 0.15) is 37.2 Å². The number of halogens is 1. The molecular formula is C13H17Br. The second-order valence-electron chi connectivity index (χ2n) is 4.26. The fourth-order valence-corrected chi connectivity index (χ4v) is 3.17. The summed E-state index contributed by atoms with van der Waals surface area (Å²) in [4.78, 5) is 0. The molecule has 0 spiro atoms. The molecule has 0 aromatic heterocycles. The molecule has 0 heterocycles. The summed E-state index contributed by atoms with van der Waals surface area (Å²) in [5.41, 5.74) is 1.55. The van der Waals surface area contributed by atoms with Gasteiger partial charge in [-0.25, -0.2) is 0 Å². The van der Waals surface area contributed by atoms with E-state index in [4.69, 9.17) is 0 Å². The first-order valence-electron chi connectivity index (χ1n) is 5.51. The van der Waals surface area contributed by atoms with Gasteiger partial charge in [0.25, 0.3) is 0 Å². The minimum Gasteiger partial charge on any atom is -0.0928 e. The number of benzene rings is 1. The predicted octanol–water partition coefficient (Wildman–Crippen LogP) is 4.36. The second-order valence-corrected chi connectivity index (χ2v) is 5.06. The summed E-state index contributed by atoms with van der Waals surface area (Å²) < 4.78 is 0. The van der Waals surface area contributed by atoms with E-state index in [1.807, 2.05) is 0 Å². The van der Waals surface area contributed by atoms with E-state index in [1.54, 1.807) is 5.56 Å². The van der Waals surface area contributed by atoms with E-state index >= 15 is 0 Å². The lowest BCUT2D eigenvalue weighted by atomic mass is 9.96. The summed E-state index contributed by atoms with van der Waals surface area (Å²) in [6, 6.07) is 11.0. The van der Waals surface area contributed by atoms with Crippen LogP contribution in [0.15, 0.2) is 30.3 Å². The smallest absolute Gasteiger partial charge is 0.00339 e. The number of alkyl halides is 1. The first-order valence-corrected chi connectivity index (χ1v) is 6.63. The largest absolute Gasteiger partial charge is 0.0928 e. The minimum atomic E-state index is 0.834. The van der Waals surface area contributed by atoms with Gasteiger partial charge in [0.05, 0.1) is 0 Å². The predicted molar refractivity (Wildman–Crippen MR) is 64.9 cm³/mol. The Hall–Kier alpha value is -0.300. The van der Waals surface area contributed by atoms with Crippen molar-refractivity contribution in [2.45, 2.75) is 31.6 Å². The van der Waals surface area contributed by atoms with Crippen LogP contribution in [0.4, 0.5) is 0 Å². The third kappa shape index (κ3) is 2.38. The monoisotopic (exact) mass is 252 g/mol. The van der Waals surface area contributed by atoms with Gasteiger partial charge in [0, 0.05) is 5.33 Å². The lowest BCUT2D eigenvalue weighted by molar-refractivity contribution is 0.527. The summed E-state index contributed by atoms with van der Waals surface area (Å²) >= 11 is 3.54. The van der Waals surface area contributed by atoms with Gasteiger partial charge in [-0.3, -0.25) is 0 Å². The van der Waals surface area contributed by atoms with Crippen molar-refractivity contribution in [3.63, 3.8) is 0 Å². The van der Waals surface area contributed by atoms with E-state index < -0.39 is 0 Å². The minimum absolute atomic E-state index is 0.834. The summed E-state index contributed by atoms with van der Waals surface area (Å²) in [7, 11) is 0. The molecule has 1 heteroatoms. The Morgan fingerprint density at radius 2 is 1.93 bits per heavy atom. The van der Waals surface area contributed by atoms with Crippen molar-refractivity contribution in [1.29, 1.82) is 0 Å². The van der Waals surface area contributed by atoms with E-state index in [0.717, 1.165) is 11.8 Å². The number of hydrogen-bond acceptors (Lipinski definition) is 0. The molecule has 0 bridgehead atoms. The van der Waals surface area contributed by atoms with Crippen molar-refractivity contribution in [2.24, 2.45) is 5.92 Å². The fraction of sp³-hybridized carbons (Fsp3) is 0.538. The molecule has 0 radical (unpaired) electrons. The maximum absolute atomic E-state index is 3.54. The van der Waals surface area contributed by atoms with Crippen LogP contribution in [-0.2, 0) is 0 Å². The average molecular weight is 253 g/mol. The van der Waals surface area contributed by atoms with E-state index in [1.165, 1.54) is 31.0 Å². The van der Waals surface area contributed by atoms with E-state index in [2.05, 4.69) is 46.3 Å². The van der Waals surface area contributed by atoms with E-state index in [-0.39, 0.29) is 0 Å². The molecule has 1 aliphatic carbocycles. The molecular weight excluding hydrogens is 236 g/mol. The molecule has 14 heavy (non-hydrogen) atoms. The first-order chi connectivity index (χ1) is 6.90. The average Bonchev–Trinajstić information content (AvgIpc) is 2.68. The van der Waals surface area contributed by atoms with Gasteiger partial charge in [0.15, 0.2) is 0 Å². The highest BCUT2D eigenvalue weighted by molar-refractivity contribution is 9.09. The fourth-order valence-electron chi connectivity index (χ4n) is 2.52. The summed E-state index contributed by atoms with van der Waals surface area (Å²) in [6.45, 7) is 0. The van der Waals surface area contributed by atoms with Gasteiger partial charge in [0.2, 0.25) is 0 Å². The molecule has 1 saturated carbocycles. The molecule has 1 fully saturated rings. The lowest BCUT2D eigenvalue weighted by Crippen LogP contribution is -1.96. The molecule has 76 valence electrons. The number of hydrogen-bond donors (Lipinski definition) is 0. The van der Waals surface area contributed by atoms with Crippen molar-refractivity contribution >= 4 is 15.9 Å². The highest BCUT2D eigenvalue weighted by atomic mass is 79.9. The van der Waals surface area contributed by atoms with Gasteiger partial charge in [-0.15, -0.1) is 0 Å². The molecule has 0 amide bonds. The van der Waals surface area contributed by atoms with Gasteiger partial charge in [-0.2, -0.15) is 0 Å². The van der Waals surface area contributed by atoms with Gasteiger partial charge in [0.1, 0.15) is 0 Å². The zero-order valence-corrected chi connectivity index (χ0v) is 10.0.